The Kier molecular flexibility index (Phi) is 6.89. The quantitative estimate of drug-likeness (QED) is 0.521. The molecule has 0 unspecified atom stereocenters. The molecule has 2 aromatic rings. The number of hydrogen-bond acceptors (Lipinski definition) is 5. The maximum absolute atomic E-state index is 12.1. The lowest BCUT2D eigenvalue weighted by Crippen LogP contribution is -2.26. The van der Waals surface area contributed by atoms with Gasteiger partial charge in [0.1, 0.15) is 25.5 Å². The molecule has 2 rings (SSSR count). The van der Waals surface area contributed by atoms with E-state index in [-0.39, 0.29) is 31.1 Å². The molecule has 24 heavy (non-hydrogen) atoms. The highest BCUT2D eigenvalue weighted by Gasteiger charge is 2.09. The average molecular weight is 331 g/mol. The normalized spacial score (nSPS) is 10.2. The number of pyridine rings is 1. The summed E-state index contributed by atoms with van der Waals surface area (Å²) in [5.41, 5.74) is -0.344. The van der Waals surface area contributed by atoms with Crippen LogP contribution < -0.4 is 15.0 Å². The van der Waals surface area contributed by atoms with Gasteiger partial charge in [0.15, 0.2) is 5.75 Å². The van der Waals surface area contributed by atoms with Crippen LogP contribution >= 0.6 is 0 Å². The summed E-state index contributed by atoms with van der Waals surface area (Å²) in [6, 6.07) is 12.5. The van der Waals surface area contributed by atoms with Crippen LogP contribution in [-0.2, 0) is 16.1 Å². The molecular formula is C18H21NO5. The summed E-state index contributed by atoms with van der Waals surface area (Å²) in [4.78, 5) is 24.0. The van der Waals surface area contributed by atoms with Gasteiger partial charge >= 0.3 is 5.97 Å². The van der Waals surface area contributed by atoms with Gasteiger partial charge in [-0.25, -0.2) is 0 Å². The molecule has 0 aliphatic carbocycles. The van der Waals surface area contributed by atoms with Crippen molar-refractivity contribution >= 4 is 5.97 Å². The molecule has 1 heterocycles. The highest BCUT2D eigenvalue weighted by Crippen LogP contribution is 2.07. The average Bonchev–Trinajstić information content (AvgIpc) is 2.60. The summed E-state index contributed by atoms with van der Waals surface area (Å²) in [7, 11) is 0. The summed E-state index contributed by atoms with van der Waals surface area (Å²) in [6.07, 6.45) is 2.33. The van der Waals surface area contributed by atoms with E-state index < -0.39 is 5.97 Å². The molecule has 0 aliphatic heterocycles. The number of carbonyl (C=O) groups excluding carboxylic acids is 1. The molecule has 1 aromatic carbocycles. The molecule has 0 saturated heterocycles. The molecule has 1 aromatic heterocycles. The van der Waals surface area contributed by atoms with Gasteiger partial charge in [-0.05, 0) is 30.7 Å². The number of para-hydroxylation sites is 1. The number of hydrogen-bond donors (Lipinski definition) is 0. The second-order valence-electron chi connectivity index (χ2n) is 5.04. The Bertz CT molecular complexity index is 696. The van der Waals surface area contributed by atoms with Crippen LogP contribution in [0.25, 0.3) is 0 Å². The minimum absolute atomic E-state index is 0.120. The molecule has 0 fully saturated rings. The predicted octanol–water partition coefficient (Wildman–Crippen LogP) is 2.26. The Morgan fingerprint density at radius 2 is 1.79 bits per heavy atom. The van der Waals surface area contributed by atoms with Gasteiger partial charge in [0.05, 0.1) is 6.61 Å². The van der Waals surface area contributed by atoms with Gasteiger partial charge in [0.2, 0.25) is 0 Å². The van der Waals surface area contributed by atoms with Gasteiger partial charge in [-0.15, -0.1) is 0 Å². The Morgan fingerprint density at radius 3 is 2.54 bits per heavy atom. The number of carbonyl (C=O) groups is 1. The first kappa shape index (κ1) is 17.6. The van der Waals surface area contributed by atoms with E-state index in [2.05, 4.69) is 0 Å². The summed E-state index contributed by atoms with van der Waals surface area (Å²) >= 11 is 0. The van der Waals surface area contributed by atoms with Crippen molar-refractivity contribution in [2.45, 2.75) is 19.9 Å². The molecule has 128 valence electrons. The third-order valence-corrected chi connectivity index (χ3v) is 3.10. The third-order valence-electron chi connectivity index (χ3n) is 3.10. The maximum atomic E-state index is 12.1. The van der Waals surface area contributed by atoms with Crippen LogP contribution in [0, 0.1) is 0 Å². The van der Waals surface area contributed by atoms with Crippen LogP contribution in [0.3, 0.4) is 0 Å². The molecule has 0 amide bonds. The summed E-state index contributed by atoms with van der Waals surface area (Å²) in [6.45, 7) is 2.63. The second kappa shape index (κ2) is 9.39. The zero-order chi connectivity index (χ0) is 17.2. The van der Waals surface area contributed by atoms with Gasteiger partial charge in [0, 0.05) is 6.20 Å². The van der Waals surface area contributed by atoms with E-state index >= 15 is 0 Å². The Balaban J connectivity index is 1.79. The number of benzene rings is 1. The lowest BCUT2D eigenvalue weighted by molar-refractivity contribution is -0.145. The van der Waals surface area contributed by atoms with Crippen molar-refractivity contribution in [1.82, 2.24) is 4.57 Å². The topological polar surface area (TPSA) is 66.8 Å². The van der Waals surface area contributed by atoms with Crippen LogP contribution in [0.2, 0.25) is 0 Å². The SMILES string of the molecule is CCCOc1cccn(CC(=O)OCCOc2ccccc2)c1=O. The van der Waals surface area contributed by atoms with Crippen LogP contribution in [0.15, 0.2) is 53.5 Å². The number of aromatic nitrogens is 1. The molecule has 0 saturated carbocycles. The van der Waals surface area contributed by atoms with E-state index in [1.807, 2.05) is 37.3 Å². The number of nitrogens with zero attached hydrogens (tertiary/aromatic N) is 1. The fourth-order valence-corrected chi connectivity index (χ4v) is 1.98. The molecule has 0 bridgehead atoms. The largest absolute Gasteiger partial charge is 0.490 e. The number of esters is 1. The molecule has 0 radical (unpaired) electrons. The number of rotatable bonds is 9. The van der Waals surface area contributed by atoms with Gasteiger partial charge < -0.3 is 18.8 Å². The second-order valence-corrected chi connectivity index (χ2v) is 5.04. The Hall–Kier alpha value is -2.76. The van der Waals surface area contributed by atoms with E-state index in [0.29, 0.717) is 12.4 Å². The minimum atomic E-state index is -0.499. The predicted molar refractivity (Wildman–Crippen MR) is 89.4 cm³/mol. The van der Waals surface area contributed by atoms with Crippen molar-refractivity contribution in [3.63, 3.8) is 0 Å². The standard InChI is InChI=1S/C18H21NO5/c1-2-11-23-16-9-6-10-19(18(16)21)14-17(20)24-13-12-22-15-7-4-3-5-8-15/h3-10H,2,11-14H2,1H3. The molecule has 0 N–H and O–H groups in total. The van der Waals surface area contributed by atoms with Crippen LogP contribution in [0.1, 0.15) is 13.3 Å². The van der Waals surface area contributed by atoms with Crippen molar-refractivity contribution in [2.24, 2.45) is 0 Å². The zero-order valence-corrected chi connectivity index (χ0v) is 13.6. The smallest absolute Gasteiger partial charge is 0.326 e. The van der Waals surface area contributed by atoms with Crippen molar-refractivity contribution in [2.75, 3.05) is 19.8 Å². The highest BCUT2D eigenvalue weighted by atomic mass is 16.6. The first-order valence-corrected chi connectivity index (χ1v) is 7.86. The third kappa shape index (κ3) is 5.46. The van der Waals surface area contributed by atoms with E-state index in [1.165, 1.54) is 10.8 Å². The highest BCUT2D eigenvalue weighted by molar-refractivity contribution is 5.69. The van der Waals surface area contributed by atoms with Crippen molar-refractivity contribution in [3.8, 4) is 11.5 Å². The van der Waals surface area contributed by atoms with Crippen LogP contribution in [0.5, 0.6) is 11.5 Å². The monoisotopic (exact) mass is 331 g/mol. The molecule has 0 aliphatic rings. The first-order chi connectivity index (χ1) is 11.7. The Morgan fingerprint density at radius 1 is 1.00 bits per heavy atom. The maximum Gasteiger partial charge on any atom is 0.326 e. The lowest BCUT2D eigenvalue weighted by Gasteiger charge is -2.10. The van der Waals surface area contributed by atoms with Crippen molar-refractivity contribution < 1.29 is 19.0 Å². The van der Waals surface area contributed by atoms with Crippen molar-refractivity contribution in [1.29, 1.82) is 0 Å². The fraction of sp³-hybridized carbons (Fsp3) is 0.333. The number of ether oxygens (including phenoxy) is 3. The zero-order valence-electron chi connectivity index (χ0n) is 13.6. The summed E-state index contributed by atoms with van der Waals surface area (Å²) in [5, 5.41) is 0. The molecule has 0 atom stereocenters. The van der Waals surface area contributed by atoms with Gasteiger partial charge in [0.25, 0.3) is 5.56 Å². The molecule has 6 nitrogen and oxygen atoms in total. The van der Waals surface area contributed by atoms with Gasteiger partial charge in [-0.1, -0.05) is 25.1 Å². The van der Waals surface area contributed by atoms with E-state index in [0.717, 1.165) is 6.42 Å². The van der Waals surface area contributed by atoms with Gasteiger partial charge in [-0.3, -0.25) is 9.59 Å². The first-order valence-electron chi connectivity index (χ1n) is 7.86. The molecule has 0 spiro atoms. The van der Waals surface area contributed by atoms with E-state index in [9.17, 15) is 9.59 Å². The lowest BCUT2D eigenvalue weighted by atomic mass is 10.3. The minimum Gasteiger partial charge on any atom is -0.490 e. The van der Waals surface area contributed by atoms with Crippen LogP contribution in [-0.4, -0.2) is 30.4 Å². The summed E-state index contributed by atoms with van der Waals surface area (Å²) < 4.78 is 17.1. The molecule has 6 heteroatoms. The summed E-state index contributed by atoms with van der Waals surface area (Å²) in [5.74, 6) is 0.450. The molecular weight excluding hydrogens is 310 g/mol. The van der Waals surface area contributed by atoms with E-state index in [4.69, 9.17) is 14.2 Å². The Labute approximate surface area is 140 Å². The van der Waals surface area contributed by atoms with E-state index in [1.54, 1.807) is 12.1 Å². The van der Waals surface area contributed by atoms with Gasteiger partial charge in [-0.2, -0.15) is 0 Å². The fourth-order valence-electron chi connectivity index (χ4n) is 1.98. The van der Waals surface area contributed by atoms with Crippen molar-refractivity contribution in [3.05, 3.63) is 59.0 Å². The van der Waals surface area contributed by atoms with Crippen LogP contribution in [0.4, 0.5) is 0 Å².